The number of ether oxygens (including phenoxy) is 1. The molecule has 0 saturated heterocycles. The van der Waals surface area contributed by atoms with Crippen molar-refractivity contribution in [1.29, 1.82) is 0 Å². The van der Waals surface area contributed by atoms with Gasteiger partial charge in [-0.3, -0.25) is 4.57 Å². The summed E-state index contributed by atoms with van der Waals surface area (Å²) in [6, 6.07) is 16.2. The van der Waals surface area contributed by atoms with Crippen molar-refractivity contribution in [3.63, 3.8) is 0 Å². The van der Waals surface area contributed by atoms with E-state index in [4.69, 9.17) is 4.74 Å². The minimum atomic E-state index is 0.853. The first-order valence-corrected chi connectivity index (χ1v) is 7.53. The summed E-state index contributed by atoms with van der Waals surface area (Å²) < 4.78 is 7.28. The van der Waals surface area contributed by atoms with Crippen molar-refractivity contribution in [2.45, 2.75) is 20.8 Å². The number of aryl methyl sites for hydroxylation is 1. The molecule has 0 bridgehead atoms. The van der Waals surface area contributed by atoms with Crippen molar-refractivity contribution >= 4 is 0 Å². The van der Waals surface area contributed by atoms with E-state index in [0.29, 0.717) is 0 Å². The summed E-state index contributed by atoms with van der Waals surface area (Å²) in [4.78, 5) is 4.50. The van der Waals surface area contributed by atoms with Crippen LogP contribution in [0.3, 0.4) is 0 Å². The van der Waals surface area contributed by atoms with Gasteiger partial charge in [-0.15, -0.1) is 0 Å². The highest BCUT2D eigenvalue weighted by Crippen LogP contribution is 2.25. The Morgan fingerprint density at radius 1 is 0.955 bits per heavy atom. The molecule has 0 atom stereocenters. The lowest BCUT2D eigenvalue weighted by atomic mass is 10.1. The van der Waals surface area contributed by atoms with Gasteiger partial charge in [0.25, 0.3) is 0 Å². The van der Waals surface area contributed by atoms with Crippen LogP contribution in [0.4, 0.5) is 0 Å². The zero-order valence-electron chi connectivity index (χ0n) is 13.6. The predicted molar refractivity (Wildman–Crippen MR) is 91.6 cm³/mol. The fourth-order valence-corrected chi connectivity index (χ4v) is 2.28. The standard InChI is InChI=1S/C17H16N2O.C2H6/c1-13-5-3-4-6-16(13)17-18-11-12-19(17)14-7-9-15(20-2)10-8-14;1-2/h3-12H,1-2H3;1-2H3. The van der Waals surface area contributed by atoms with Gasteiger partial charge < -0.3 is 4.74 Å². The number of hydrogen-bond acceptors (Lipinski definition) is 2. The number of rotatable bonds is 3. The van der Waals surface area contributed by atoms with E-state index >= 15 is 0 Å². The quantitative estimate of drug-likeness (QED) is 0.688. The minimum absolute atomic E-state index is 0.853. The molecule has 0 saturated carbocycles. The van der Waals surface area contributed by atoms with E-state index in [1.54, 1.807) is 7.11 Å². The van der Waals surface area contributed by atoms with Gasteiger partial charge in [0, 0.05) is 23.6 Å². The van der Waals surface area contributed by atoms with Crippen molar-refractivity contribution in [2.24, 2.45) is 0 Å². The number of aromatic nitrogens is 2. The molecule has 3 nitrogen and oxygen atoms in total. The Bertz CT molecular complexity index is 714. The van der Waals surface area contributed by atoms with E-state index in [-0.39, 0.29) is 0 Å². The number of methoxy groups -OCH3 is 1. The van der Waals surface area contributed by atoms with Gasteiger partial charge in [0.05, 0.1) is 7.11 Å². The van der Waals surface area contributed by atoms with Crippen molar-refractivity contribution in [3.8, 4) is 22.8 Å². The smallest absolute Gasteiger partial charge is 0.144 e. The minimum Gasteiger partial charge on any atom is -0.497 e. The molecule has 0 aliphatic rings. The predicted octanol–water partition coefficient (Wildman–Crippen LogP) is 4.88. The molecule has 22 heavy (non-hydrogen) atoms. The van der Waals surface area contributed by atoms with Gasteiger partial charge in [0.2, 0.25) is 0 Å². The van der Waals surface area contributed by atoms with Crippen molar-refractivity contribution in [2.75, 3.05) is 7.11 Å². The lowest BCUT2D eigenvalue weighted by Gasteiger charge is -2.10. The van der Waals surface area contributed by atoms with Crippen LogP contribution in [0, 0.1) is 6.92 Å². The molecule has 0 radical (unpaired) electrons. The van der Waals surface area contributed by atoms with Gasteiger partial charge in [-0.1, -0.05) is 38.1 Å². The summed E-state index contributed by atoms with van der Waals surface area (Å²) >= 11 is 0. The fraction of sp³-hybridized carbons (Fsp3) is 0.211. The maximum Gasteiger partial charge on any atom is 0.144 e. The summed E-state index contributed by atoms with van der Waals surface area (Å²) in [5, 5.41) is 0. The van der Waals surface area contributed by atoms with Crippen molar-refractivity contribution < 1.29 is 4.74 Å². The number of benzene rings is 2. The third-order valence-electron chi connectivity index (χ3n) is 3.38. The lowest BCUT2D eigenvalue weighted by molar-refractivity contribution is 0.415. The molecule has 3 heteroatoms. The second-order valence-corrected chi connectivity index (χ2v) is 4.63. The summed E-state index contributed by atoms with van der Waals surface area (Å²) in [6.07, 6.45) is 3.80. The highest BCUT2D eigenvalue weighted by Gasteiger charge is 2.09. The summed E-state index contributed by atoms with van der Waals surface area (Å²) in [5.41, 5.74) is 3.43. The molecule has 0 amide bonds. The molecule has 1 aromatic heterocycles. The van der Waals surface area contributed by atoms with Crippen molar-refractivity contribution in [1.82, 2.24) is 9.55 Å². The first-order chi connectivity index (χ1) is 10.8. The number of hydrogen-bond donors (Lipinski definition) is 0. The van der Waals surface area contributed by atoms with E-state index in [9.17, 15) is 0 Å². The Kier molecular flexibility index (Phi) is 5.37. The van der Waals surface area contributed by atoms with Crippen molar-refractivity contribution in [3.05, 3.63) is 66.5 Å². The SMILES string of the molecule is CC.COc1ccc(-n2ccnc2-c2ccccc2C)cc1. The van der Waals surface area contributed by atoms with Gasteiger partial charge in [-0.2, -0.15) is 0 Å². The monoisotopic (exact) mass is 294 g/mol. The molecule has 0 N–H and O–H groups in total. The van der Waals surface area contributed by atoms with E-state index in [1.165, 1.54) is 5.56 Å². The first kappa shape index (κ1) is 15.8. The molecule has 0 fully saturated rings. The van der Waals surface area contributed by atoms with E-state index in [1.807, 2.05) is 62.6 Å². The summed E-state index contributed by atoms with van der Waals surface area (Å²) in [6.45, 7) is 6.10. The van der Waals surface area contributed by atoms with Gasteiger partial charge in [0.1, 0.15) is 11.6 Å². The Morgan fingerprint density at radius 3 is 2.27 bits per heavy atom. The topological polar surface area (TPSA) is 27.1 Å². The van der Waals surface area contributed by atoms with Crippen LogP contribution in [0.2, 0.25) is 0 Å². The molecule has 0 aliphatic heterocycles. The molecular formula is C19H22N2O. The molecule has 2 aromatic carbocycles. The molecule has 3 aromatic rings. The second-order valence-electron chi connectivity index (χ2n) is 4.63. The van der Waals surface area contributed by atoms with Gasteiger partial charge in [-0.05, 0) is 36.8 Å². The largest absolute Gasteiger partial charge is 0.497 e. The Labute approximate surface area is 132 Å². The second kappa shape index (κ2) is 7.46. The normalized spacial score (nSPS) is 9.82. The Morgan fingerprint density at radius 2 is 1.64 bits per heavy atom. The third kappa shape index (κ3) is 3.19. The van der Waals surface area contributed by atoms with Gasteiger partial charge in [-0.25, -0.2) is 4.98 Å². The van der Waals surface area contributed by atoms with Crippen LogP contribution in [0.1, 0.15) is 19.4 Å². The number of imidazole rings is 1. The molecule has 114 valence electrons. The molecule has 0 unspecified atom stereocenters. The summed E-state index contributed by atoms with van der Waals surface area (Å²) in [7, 11) is 1.67. The van der Waals surface area contributed by atoms with Crippen LogP contribution in [-0.4, -0.2) is 16.7 Å². The Hall–Kier alpha value is -2.55. The maximum absolute atomic E-state index is 5.20. The van der Waals surface area contributed by atoms with Crippen LogP contribution >= 0.6 is 0 Å². The zero-order valence-corrected chi connectivity index (χ0v) is 13.6. The van der Waals surface area contributed by atoms with E-state index < -0.39 is 0 Å². The molecule has 3 rings (SSSR count). The van der Waals surface area contributed by atoms with Crippen LogP contribution in [0.5, 0.6) is 5.75 Å². The van der Waals surface area contributed by atoms with E-state index in [0.717, 1.165) is 22.8 Å². The highest BCUT2D eigenvalue weighted by atomic mass is 16.5. The fourth-order valence-electron chi connectivity index (χ4n) is 2.28. The average molecular weight is 294 g/mol. The van der Waals surface area contributed by atoms with Gasteiger partial charge >= 0.3 is 0 Å². The lowest BCUT2D eigenvalue weighted by Crippen LogP contribution is -1.97. The summed E-state index contributed by atoms with van der Waals surface area (Å²) in [5.74, 6) is 1.81. The number of nitrogens with zero attached hydrogens (tertiary/aromatic N) is 2. The van der Waals surface area contributed by atoms with Crippen LogP contribution in [0.25, 0.3) is 17.1 Å². The first-order valence-electron chi connectivity index (χ1n) is 7.53. The van der Waals surface area contributed by atoms with Crippen LogP contribution < -0.4 is 4.74 Å². The molecular weight excluding hydrogens is 272 g/mol. The molecule has 0 aliphatic carbocycles. The van der Waals surface area contributed by atoms with Crippen LogP contribution in [-0.2, 0) is 0 Å². The molecule has 0 spiro atoms. The highest BCUT2D eigenvalue weighted by molar-refractivity contribution is 5.62. The Balaban J connectivity index is 0.000000847. The van der Waals surface area contributed by atoms with Crippen LogP contribution in [0.15, 0.2) is 60.9 Å². The zero-order chi connectivity index (χ0) is 15.9. The third-order valence-corrected chi connectivity index (χ3v) is 3.38. The molecule has 1 heterocycles. The van der Waals surface area contributed by atoms with Gasteiger partial charge in [0.15, 0.2) is 0 Å². The van der Waals surface area contributed by atoms with E-state index in [2.05, 4.69) is 28.6 Å². The average Bonchev–Trinajstić information content (AvgIpc) is 3.06. The maximum atomic E-state index is 5.20.